The zero-order valence-electron chi connectivity index (χ0n) is 12.6. The number of nitrogens with zero attached hydrogens (tertiary/aromatic N) is 2. The number of carbonyl (C=O) groups excluding carboxylic acids is 1. The number of benzene rings is 1. The van der Waals surface area contributed by atoms with Gasteiger partial charge in [-0.05, 0) is 43.2 Å². The number of carbonyl (C=O) groups is 1. The van der Waals surface area contributed by atoms with Crippen LogP contribution in [0.1, 0.15) is 24.4 Å². The summed E-state index contributed by atoms with van der Waals surface area (Å²) in [6, 6.07) is 10.1. The Morgan fingerprint density at radius 1 is 1.26 bits per heavy atom. The van der Waals surface area contributed by atoms with E-state index in [0.29, 0.717) is 29.8 Å². The van der Waals surface area contributed by atoms with Crippen molar-refractivity contribution in [1.29, 1.82) is 0 Å². The van der Waals surface area contributed by atoms with Gasteiger partial charge in [-0.1, -0.05) is 6.07 Å². The van der Waals surface area contributed by atoms with Crippen LogP contribution in [0, 0.1) is 5.82 Å². The van der Waals surface area contributed by atoms with Crippen LogP contribution in [0.15, 0.2) is 42.6 Å². The van der Waals surface area contributed by atoms with Crippen LogP contribution >= 0.6 is 0 Å². The van der Waals surface area contributed by atoms with Crippen LogP contribution in [0.5, 0.6) is 0 Å². The zero-order valence-corrected chi connectivity index (χ0v) is 12.6. The van der Waals surface area contributed by atoms with Crippen LogP contribution in [0.2, 0.25) is 0 Å². The molecule has 0 aliphatic heterocycles. The monoisotopic (exact) mass is 312 g/mol. The van der Waals surface area contributed by atoms with Gasteiger partial charge in [0.05, 0.1) is 17.6 Å². The summed E-state index contributed by atoms with van der Waals surface area (Å²) in [7, 11) is 0. The first-order chi connectivity index (χ1) is 11.2. The maximum Gasteiger partial charge on any atom is 0.220 e. The predicted octanol–water partition coefficient (Wildman–Crippen LogP) is 2.74. The summed E-state index contributed by atoms with van der Waals surface area (Å²) in [5.74, 6) is 0.266. The highest BCUT2D eigenvalue weighted by atomic mass is 19.1. The molecule has 0 saturated carbocycles. The number of aryl methyl sites for hydroxylation is 1. The molecule has 1 amide bonds. The zero-order chi connectivity index (χ0) is 16.1. The summed E-state index contributed by atoms with van der Waals surface area (Å²) >= 11 is 0. The minimum atomic E-state index is -0.314. The van der Waals surface area contributed by atoms with Crippen LogP contribution in [0.25, 0.3) is 11.0 Å². The van der Waals surface area contributed by atoms with E-state index in [2.05, 4.69) is 20.3 Å². The van der Waals surface area contributed by atoms with Gasteiger partial charge in [-0.2, -0.15) is 0 Å². The molecular formula is C17H17FN4O. The van der Waals surface area contributed by atoms with E-state index in [9.17, 15) is 9.18 Å². The van der Waals surface area contributed by atoms with Crippen molar-refractivity contribution in [3.05, 3.63) is 59.9 Å². The number of amides is 1. The van der Waals surface area contributed by atoms with Crippen LogP contribution < -0.4 is 5.32 Å². The molecule has 6 heteroatoms. The Balaban J connectivity index is 1.46. The molecule has 2 N–H and O–H groups in total. The number of rotatable bonds is 6. The number of pyridine rings is 1. The van der Waals surface area contributed by atoms with Crippen molar-refractivity contribution in [3.8, 4) is 0 Å². The Hall–Kier alpha value is -2.76. The molecule has 23 heavy (non-hydrogen) atoms. The summed E-state index contributed by atoms with van der Waals surface area (Å²) < 4.78 is 13.1. The van der Waals surface area contributed by atoms with Crippen LogP contribution in [-0.4, -0.2) is 20.9 Å². The third-order valence-electron chi connectivity index (χ3n) is 3.51. The van der Waals surface area contributed by atoms with Gasteiger partial charge in [0.15, 0.2) is 0 Å². The van der Waals surface area contributed by atoms with Gasteiger partial charge < -0.3 is 10.3 Å². The summed E-state index contributed by atoms with van der Waals surface area (Å²) in [5.41, 5.74) is 2.30. The normalized spacial score (nSPS) is 10.8. The van der Waals surface area contributed by atoms with Crippen molar-refractivity contribution >= 4 is 16.9 Å². The number of H-pyrrole nitrogens is 1. The molecule has 0 spiro atoms. The van der Waals surface area contributed by atoms with Crippen LogP contribution in [0.3, 0.4) is 0 Å². The Labute approximate surface area is 133 Å². The Morgan fingerprint density at radius 2 is 2.17 bits per heavy atom. The molecule has 2 aromatic heterocycles. The van der Waals surface area contributed by atoms with Gasteiger partial charge in [0.1, 0.15) is 11.6 Å². The smallest absolute Gasteiger partial charge is 0.220 e. The molecule has 0 radical (unpaired) electrons. The summed E-state index contributed by atoms with van der Waals surface area (Å²) in [4.78, 5) is 23.4. The second-order valence-corrected chi connectivity index (χ2v) is 5.30. The number of hydrogen-bond donors (Lipinski definition) is 2. The van der Waals surface area contributed by atoms with Gasteiger partial charge in [0.25, 0.3) is 0 Å². The molecular weight excluding hydrogens is 295 g/mol. The van der Waals surface area contributed by atoms with Gasteiger partial charge in [0, 0.05) is 18.3 Å². The van der Waals surface area contributed by atoms with Crippen molar-refractivity contribution in [1.82, 2.24) is 20.3 Å². The van der Waals surface area contributed by atoms with E-state index in [4.69, 9.17) is 0 Å². The number of aromatic nitrogens is 3. The summed E-state index contributed by atoms with van der Waals surface area (Å²) in [5, 5.41) is 2.81. The van der Waals surface area contributed by atoms with E-state index in [0.717, 1.165) is 18.5 Å². The first-order valence-corrected chi connectivity index (χ1v) is 7.51. The molecule has 0 atom stereocenters. The minimum Gasteiger partial charge on any atom is -0.349 e. The lowest BCUT2D eigenvalue weighted by Crippen LogP contribution is -2.23. The van der Waals surface area contributed by atoms with Gasteiger partial charge in [0.2, 0.25) is 5.91 Å². The molecule has 5 nitrogen and oxygen atoms in total. The summed E-state index contributed by atoms with van der Waals surface area (Å²) in [6.07, 6.45) is 3.71. The highest BCUT2D eigenvalue weighted by molar-refractivity contribution is 5.77. The van der Waals surface area contributed by atoms with E-state index in [1.807, 2.05) is 18.2 Å². The first kappa shape index (κ1) is 15.1. The molecule has 0 saturated heterocycles. The van der Waals surface area contributed by atoms with E-state index >= 15 is 0 Å². The average molecular weight is 312 g/mol. The van der Waals surface area contributed by atoms with E-state index < -0.39 is 0 Å². The van der Waals surface area contributed by atoms with Gasteiger partial charge in [-0.15, -0.1) is 0 Å². The molecule has 0 fully saturated rings. The second-order valence-electron chi connectivity index (χ2n) is 5.30. The summed E-state index contributed by atoms with van der Waals surface area (Å²) in [6.45, 7) is 0.304. The number of imidazole rings is 1. The maximum atomic E-state index is 13.1. The van der Waals surface area contributed by atoms with Gasteiger partial charge in [-0.25, -0.2) is 9.37 Å². The molecule has 0 aliphatic rings. The number of halogens is 1. The molecule has 0 unspecified atom stereocenters. The fourth-order valence-corrected chi connectivity index (χ4v) is 2.37. The lowest BCUT2D eigenvalue weighted by Gasteiger charge is -2.03. The van der Waals surface area contributed by atoms with Crippen molar-refractivity contribution in [2.24, 2.45) is 0 Å². The number of aromatic amines is 1. The largest absolute Gasteiger partial charge is 0.349 e. The number of nitrogens with one attached hydrogen (secondary N) is 2. The van der Waals surface area contributed by atoms with Gasteiger partial charge in [-0.3, -0.25) is 9.78 Å². The fourth-order valence-electron chi connectivity index (χ4n) is 2.37. The Morgan fingerprint density at radius 3 is 3.00 bits per heavy atom. The average Bonchev–Trinajstić information content (AvgIpc) is 2.96. The number of hydrogen-bond acceptors (Lipinski definition) is 3. The van der Waals surface area contributed by atoms with Crippen molar-refractivity contribution in [2.75, 3.05) is 0 Å². The highest BCUT2D eigenvalue weighted by Crippen LogP contribution is 2.12. The SMILES string of the molecule is O=C(CCCc1ccccn1)NCc1nc2ccc(F)cc2[nH]1. The number of fused-ring (bicyclic) bond motifs is 1. The van der Waals surface area contributed by atoms with E-state index in [1.54, 1.807) is 12.3 Å². The van der Waals surface area contributed by atoms with Crippen molar-refractivity contribution < 1.29 is 9.18 Å². The molecule has 0 bridgehead atoms. The topological polar surface area (TPSA) is 70.7 Å². The van der Waals surface area contributed by atoms with Crippen LogP contribution in [-0.2, 0) is 17.8 Å². The van der Waals surface area contributed by atoms with E-state index in [1.165, 1.54) is 12.1 Å². The quantitative estimate of drug-likeness (QED) is 0.735. The molecule has 3 aromatic rings. The minimum absolute atomic E-state index is 0.0347. The third-order valence-corrected chi connectivity index (χ3v) is 3.51. The predicted molar refractivity (Wildman–Crippen MR) is 85.1 cm³/mol. The lowest BCUT2D eigenvalue weighted by atomic mass is 10.2. The molecule has 2 heterocycles. The molecule has 0 aliphatic carbocycles. The first-order valence-electron chi connectivity index (χ1n) is 7.51. The van der Waals surface area contributed by atoms with Crippen molar-refractivity contribution in [2.45, 2.75) is 25.8 Å². The van der Waals surface area contributed by atoms with Crippen molar-refractivity contribution in [3.63, 3.8) is 0 Å². The van der Waals surface area contributed by atoms with Crippen LogP contribution in [0.4, 0.5) is 4.39 Å². The Bertz CT molecular complexity index is 801. The molecule has 1 aromatic carbocycles. The molecule has 3 rings (SSSR count). The fraction of sp³-hybridized carbons (Fsp3) is 0.235. The van der Waals surface area contributed by atoms with E-state index in [-0.39, 0.29) is 11.7 Å². The maximum absolute atomic E-state index is 13.1. The standard InChI is InChI=1S/C17H17FN4O/c18-12-7-8-14-15(10-12)22-16(21-14)11-20-17(23)6-3-5-13-4-1-2-9-19-13/h1-2,4,7-10H,3,5-6,11H2,(H,20,23)(H,21,22). The lowest BCUT2D eigenvalue weighted by molar-refractivity contribution is -0.121. The van der Waals surface area contributed by atoms with Gasteiger partial charge >= 0.3 is 0 Å². The third kappa shape index (κ3) is 4.12. The highest BCUT2D eigenvalue weighted by Gasteiger charge is 2.06. The Kier molecular flexibility index (Phi) is 4.61. The second kappa shape index (κ2) is 7.00. The molecule has 118 valence electrons.